The van der Waals surface area contributed by atoms with Gasteiger partial charge >= 0.3 is 0 Å². The van der Waals surface area contributed by atoms with E-state index in [1.807, 2.05) is 6.07 Å². The van der Waals surface area contributed by atoms with Gasteiger partial charge in [-0.2, -0.15) is 0 Å². The summed E-state index contributed by atoms with van der Waals surface area (Å²) in [5.74, 6) is 0.0567. The fraction of sp³-hybridized carbons (Fsp3) is 0.350. The van der Waals surface area contributed by atoms with Crippen LogP contribution in [0.25, 0.3) is 0 Å². The Labute approximate surface area is 175 Å². The van der Waals surface area contributed by atoms with E-state index in [0.717, 1.165) is 5.56 Å². The monoisotopic (exact) mass is 424 g/mol. The molecule has 0 aliphatic heterocycles. The number of carbonyl (C=O) groups is 2. The maximum atomic E-state index is 12.4. The van der Waals surface area contributed by atoms with Gasteiger partial charge in [-0.3, -0.25) is 14.6 Å². The lowest BCUT2D eigenvalue weighted by molar-refractivity contribution is -0.119. The molecule has 0 saturated heterocycles. The van der Waals surface area contributed by atoms with Gasteiger partial charge in [0.15, 0.2) is 5.78 Å². The van der Waals surface area contributed by atoms with E-state index in [1.165, 1.54) is 6.21 Å². The van der Waals surface area contributed by atoms with Crippen LogP contribution in [0, 0.1) is 0 Å². The zero-order valence-corrected chi connectivity index (χ0v) is 18.0. The second-order valence-electron chi connectivity index (χ2n) is 6.13. The third kappa shape index (κ3) is 7.37. The van der Waals surface area contributed by atoms with Crippen LogP contribution in [0.5, 0.6) is 0 Å². The average Bonchev–Trinajstić information content (AvgIpc) is 2.69. The molecule has 0 aliphatic rings. The lowest BCUT2D eigenvalue weighted by Gasteiger charge is -2.13. The molecule has 152 valence electrons. The number of nitrogens with one attached hydrogen (secondary N) is 2. The maximum absolute atomic E-state index is 12.4. The van der Waals surface area contributed by atoms with Crippen molar-refractivity contribution in [3.8, 4) is 0 Å². The number of hydrogen-bond donors (Lipinski definition) is 3. The van der Waals surface area contributed by atoms with Crippen LogP contribution >= 0.6 is 23.2 Å². The van der Waals surface area contributed by atoms with Gasteiger partial charge in [-0.1, -0.05) is 36.2 Å². The summed E-state index contributed by atoms with van der Waals surface area (Å²) in [6.07, 6.45) is 3.58. The number of allylic oxidation sites excluding steroid dienone is 2. The van der Waals surface area contributed by atoms with Gasteiger partial charge in [-0.25, -0.2) is 0 Å². The van der Waals surface area contributed by atoms with Gasteiger partial charge in [0.2, 0.25) is 0 Å². The fourth-order valence-electron chi connectivity index (χ4n) is 2.11. The van der Waals surface area contributed by atoms with E-state index in [2.05, 4.69) is 15.6 Å². The molecule has 1 rings (SSSR count). The number of hydrogen-bond acceptors (Lipinski definition) is 5. The predicted molar refractivity (Wildman–Crippen MR) is 115 cm³/mol. The molecule has 0 saturated carbocycles. The van der Waals surface area contributed by atoms with Crippen LogP contribution in [0.3, 0.4) is 0 Å². The highest BCUT2D eigenvalue weighted by molar-refractivity contribution is 6.42. The lowest BCUT2D eigenvalue weighted by Crippen LogP contribution is -2.34. The van der Waals surface area contributed by atoms with Gasteiger partial charge in [-0.05, 0) is 50.1 Å². The second-order valence-corrected chi connectivity index (χ2v) is 6.94. The SMILES string of the molecule is CC=C(NCc1ccc(Cl)c(Cl)c1)NC(=O)C(N)=C(C)C=NC(C)C(=O)CC. The summed E-state index contributed by atoms with van der Waals surface area (Å²) in [5, 5.41) is 6.75. The Bertz CT molecular complexity index is 816. The van der Waals surface area contributed by atoms with Crippen molar-refractivity contribution in [1.82, 2.24) is 10.6 Å². The molecule has 1 aromatic rings. The first-order chi connectivity index (χ1) is 13.2. The van der Waals surface area contributed by atoms with Crippen molar-refractivity contribution < 1.29 is 9.59 Å². The van der Waals surface area contributed by atoms with Crippen LogP contribution in [0.15, 0.2) is 46.4 Å². The molecule has 1 aromatic carbocycles. The number of Topliss-reactive ketones (excluding diaryl/α,β-unsaturated/α-hetero) is 1. The summed E-state index contributed by atoms with van der Waals surface area (Å²) in [7, 11) is 0. The highest BCUT2D eigenvalue weighted by atomic mass is 35.5. The standard InChI is InChI=1S/C20H26Cl2N4O2/c1-5-17(27)13(4)24-10-12(3)19(23)20(28)26-18(6-2)25-11-14-7-8-15(21)16(22)9-14/h6-10,13,25H,5,11,23H2,1-4H3,(H,26,28). The highest BCUT2D eigenvalue weighted by Gasteiger charge is 2.11. The fourth-order valence-corrected chi connectivity index (χ4v) is 2.43. The van der Waals surface area contributed by atoms with E-state index >= 15 is 0 Å². The second kappa shape index (κ2) is 11.5. The third-order valence-electron chi connectivity index (χ3n) is 3.98. The summed E-state index contributed by atoms with van der Waals surface area (Å²) in [6, 6.07) is 4.83. The first-order valence-electron chi connectivity index (χ1n) is 8.87. The number of benzene rings is 1. The first kappa shape index (κ1) is 23.7. The van der Waals surface area contributed by atoms with E-state index in [-0.39, 0.29) is 11.5 Å². The summed E-state index contributed by atoms with van der Waals surface area (Å²) in [4.78, 5) is 28.1. The minimum Gasteiger partial charge on any atom is -0.394 e. The average molecular weight is 425 g/mol. The molecule has 1 atom stereocenters. The quantitative estimate of drug-likeness (QED) is 0.415. The van der Waals surface area contributed by atoms with Crippen LogP contribution in [0.2, 0.25) is 10.0 Å². The third-order valence-corrected chi connectivity index (χ3v) is 4.72. The van der Waals surface area contributed by atoms with Crippen LogP contribution in [-0.4, -0.2) is 23.9 Å². The molecule has 28 heavy (non-hydrogen) atoms. The Balaban J connectivity index is 2.72. The predicted octanol–water partition coefficient (Wildman–Crippen LogP) is 3.73. The minimum absolute atomic E-state index is 0.0229. The molecule has 4 N–H and O–H groups in total. The molecule has 6 nitrogen and oxygen atoms in total. The van der Waals surface area contributed by atoms with Gasteiger partial charge in [0.1, 0.15) is 17.6 Å². The molecule has 0 spiro atoms. The molecule has 8 heteroatoms. The van der Waals surface area contributed by atoms with E-state index in [0.29, 0.717) is 34.4 Å². The minimum atomic E-state index is -0.465. The summed E-state index contributed by atoms with van der Waals surface area (Å²) in [5.41, 5.74) is 7.32. The Morgan fingerprint density at radius 1 is 1.29 bits per heavy atom. The molecule has 0 fully saturated rings. The van der Waals surface area contributed by atoms with Crippen LogP contribution in [-0.2, 0) is 16.1 Å². The zero-order valence-electron chi connectivity index (χ0n) is 16.5. The largest absolute Gasteiger partial charge is 0.394 e. The van der Waals surface area contributed by atoms with E-state index in [4.69, 9.17) is 28.9 Å². The van der Waals surface area contributed by atoms with Crippen molar-refractivity contribution in [2.75, 3.05) is 0 Å². The van der Waals surface area contributed by atoms with Crippen molar-refractivity contribution in [3.05, 3.63) is 57.0 Å². The number of amides is 1. The van der Waals surface area contributed by atoms with Gasteiger partial charge in [0.05, 0.1) is 10.0 Å². The number of nitrogens with two attached hydrogens (primary N) is 1. The zero-order chi connectivity index (χ0) is 21.3. The summed E-state index contributed by atoms with van der Waals surface area (Å²) < 4.78 is 0. The number of ketones is 1. The van der Waals surface area contributed by atoms with Crippen molar-refractivity contribution >= 4 is 41.1 Å². The summed E-state index contributed by atoms with van der Waals surface area (Å²) >= 11 is 11.9. The van der Waals surface area contributed by atoms with Crippen LogP contribution in [0.4, 0.5) is 0 Å². The molecule has 1 amide bonds. The molecule has 0 aliphatic carbocycles. The maximum Gasteiger partial charge on any atom is 0.272 e. The number of nitrogens with zero attached hydrogens (tertiary/aromatic N) is 1. The molecule has 0 bridgehead atoms. The highest BCUT2D eigenvalue weighted by Crippen LogP contribution is 2.22. The summed E-state index contributed by atoms with van der Waals surface area (Å²) in [6.45, 7) is 7.38. The van der Waals surface area contributed by atoms with Crippen molar-refractivity contribution in [2.24, 2.45) is 10.7 Å². The number of rotatable bonds is 9. The smallest absolute Gasteiger partial charge is 0.272 e. The molecule has 0 aromatic heterocycles. The number of halogens is 2. The Kier molecular flexibility index (Phi) is 9.76. The topological polar surface area (TPSA) is 96.6 Å². The van der Waals surface area contributed by atoms with Gasteiger partial charge < -0.3 is 16.4 Å². The van der Waals surface area contributed by atoms with E-state index in [1.54, 1.807) is 45.9 Å². The van der Waals surface area contributed by atoms with E-state index in [9.17, 15) is 9.59 Å². The Hall–Kier alpha value is -2.31. The van der Waals surface area contributed by atoms with Crippen LogP contribution in [0.1, 0.15) is 39.7 Å². The van der Waals surface area contributed by atoms with Crippen molar-refractivity contribution in [3.63, 3.8) is 0 Å². The Morgan fingerprint density at radius 2 is 1.96 bits per heavy atom. The molecule has 1 unspecified atom stereocenters. The van der Waals surface area contributed by atoms with Crippen molar-refractivity contribution in [2.45, 2.75) is 46.7 Å². The molecule has 0 radical (unpaired) electrons. The lowest BCUT2D eigenvalue weighted by atomic mass is 10.2. The number of aliphatic imine (C=N–C) groups is 1. The number of carbonyl (C=O) groups excluding carboxylic acids is 2. The van der Waals surface area contributed by atoms with Gasteiger partial charge in [0.25, 0.3) is 5.91 Å². The van der Waals surface area contributed by atoms with Crippen LogP contribution < -0.4 is 16.4 Å². The normalized spacial score (nSPS) is 13.9. The van der Waals surface area contributed by atoms with Crippen molar-refractivity contribution in [1.29, 1.82) is 0 Å². The molecular formula is C20H26Cl2N4O2. The Morgan fingerprint density at radius 3 is 2.54 bits per heavy atom. The van der Waals surface area contributed by atoms with Gasteiger partial charge in [-0.15, -0.1) is 0 Å². The molecule has 0 heterocycles. The molecular weight excluding hydrogens is 399 g/mol. The first-order valence-corrected chi connectivity index (χ1v) is 9.62. The van der Waals surface area contributed by atoms with Gasteiger partial charge in [0, 0.05) is 19.2 Å². The van der Waals surface area contributed by atoms with E-state index < -0.39 is 11.9 Å².